The van der Waals surface area contributed by atoms with Gasteiger partial charge in [0.15, 0.2) is 0 Å². The molecule has 5 nitrogen and oxygen atoms in total. The van der Waals surface area contributed by atoms with E-state index in [4.69, 9.17) is 0 Å². The van der Waals surface area contributed by atoms with Gasteiger partial charge in [0.25, 0.3) is 5.56 Å². The number of nitrogens with one attached hydrogen (secondary N) is 2. The lowest BCUT2D eigenvalue weighted by atomic mass is 10.1. The van der Waals surface area contributed by atoms with E-state index >= 15 is 0 Å². The molecule has 0 unspecified atom stereocenters. The average molecular weight is 293 g/mol. The number of aromatic nitrogens is 2. The molecule has 108 valence electrons. The summed E-state index contributed by atoms with van der Waals surface area (Å²) in [7, 11) is 0. The molecule has 0 aliphatic heterocycles. The van der Waals surface area contributed by atoms with Crippen LogP contribution < -0.4 is 10.9 Å². The molecule has 2 rings (SSSR count). The molecule has 6 heteroatoms. The van der Waals surface area contributed by atoms with Crippen molar-refractivity contribution in [3.8, 4) is 0 Å². The highest BCUT2D eigenvalue weighted by molar-refractivity contribution is 7.18. The van der Waals surface area contributed by atoms with Crippen molar-refractivity contribution in [3.63, 3.8) is 0 Å². The lowest BCUT2D eigenvalue weighted by molar-refractivity contribution is -0.121. The van der Waals surface area contributed by atoms with E-state index in [0.29, 0.717) is 23.2 Å². The molecule has 0 fully saturated rings. The van der Waals surface area contributed by atoms with Gasteiger partial charge in [-0.3, -0.25) is 9.59 Å². The normalized spacial score (nSPS) is 10.8. The molecule has 2 aromatic heterocycles. The standard InChI is InChI=1S/C14H19N3O2S/c1-2-3-4-5-6-12(18)15-8-10-7-11-13(19)16-9-17-14(11)20-10/h7,9H,2-6,8H2,1H3,(H,15,18)(H,16,17,19). The molecule has 0 bridgehead atoms. The molecule has 0 aliphatic rings. The molecule has 0 aromatic carbocycles. The average Bonchev–Trinajstić information content (AvgIpc) is 2.86. The van der Waals surface area contributed by atoms with Crippen LogP contribution in [0.2, 0.25) is 0 Å². The third kappa shape index (κ3) is 3.90. The van der Waals surface area contributed by atoms with Gasteiger partial charge in [0.2, 0.25) is 5.91 Å². The van der Waals surface area contributed by atoms with Crippen molar-refractivity contribution in [2.24, 2.45) is 0 Å². The first-order valence-corrected chi connectivity index (χ1v) is 7.75. The molecule has 0 atom stereocenters. The Labute approximate surface area is 121 Å². The van der Waals surface area contributed by atoms with Gasteiger partial charge in [-0.05, 0) is 12.5 Å². The quantitative estimate of drug-likeness (QED) is 0.770. The molecule has 20 heavy (non-hydrogen) atoms. The van der Waals surface area contributed by atoms with Crippen LogP contribution in [0, 0.1) is 0 Å². The van der Waals surface area contributed by atoms with Crippen LogP contribution in [0.1, 0.15) is 43.9 Å². The maximum atomic E-state index is 11.7. The van der Waals surface area contributed by atoms with Crippen molar-refractivity contribution >= 4 is 27.5 Å². The Morgan fingerprint density at radius 1 is 1.40 bits per heavy atom. The molecule has 0 saturated heterocycles. The number of rotatable bonds is 7. The van der Waals surface area contributed by atoms with Crippen LogP contribution in [0.25, 0.3) is 10.2 Å². The summed E-state index contributed by atoms with van der Waals surface area (Å²) in [6, 6.07) is 1.79. The number of unbranched alkanes of at least 4 members (excludes halogenated alkanes) is 3. The summed E-state index contributed by atoms with van der Waals surface area (Å²) in [5.41, 5.74) is -0.136. The van der Waals surface area contributed by atoms with E-state index in [-0.39, 0.29) is 11.5 Å². The van der Waals surface area contributed by atoms with E-state index in [1.165, 1.54) is 30.5 Å². The Kier molecular flexibility index (Phi) is 5.29. The van der Waals surface area contributed by atoms with Crippen molar-refractivity contribution in [3.05, 3.63) is 27.6 Å². The first-order valence-electron chi connectivity index (χ1n) is 6.93. The fraction of sp³-hybridized carbons (Fsp3) is 0.500. The fourth-order valence-electron chi connectivity index (χ4n) is 1.99. The zero-order valence-corrected chi connectivity index (χ0v) is 12.4. The van der Waals surface area contributed by atoms with Crippen molar-refractivity contribution in [1.29, 1.82) is 0 Å². The Morgan fingerprint density at radius 3 is 3.00 bits per heavy atom. The van der Waals surface area contributed by atoms with Crippen molar-refractivity contribution in [2.75, 3.05) is 0 Å². The first kappa shape index (κ1) is 14.7. The Hall–Kier alpha value is -1.69. The van der Waals surface area contributed by atoms with Gasteiger partial charge in [-0.2, -0.15) is 0 Å². The largest absolute Gasteiger partial charge is 0.351 e. The minimum Gasteiger partial charge on any atom is -0.351 e. The van der Waals surface area contributed by atoms with Gasteiger partial charge in [-0.1, -0.05) is 26.2 Å². The van der Waals surface area contributed by atoms with Crippen LogP contribution in [-0.4, -0.2) is 15.9 Å². The van der Waals surface area contributed by atoms with E-state index < -0.39 is 0 Å². The molecular formula is C14H19N3O2S. The van der Waals surface area contributed by atoms with Crippen LogP contribution in [-0.2, 0) is 11.3 Å². The summed E-state index contributed by atoms with van der Waals surface area (Å²) in [5, 5.41) is 3.48. The number of carbonyl (C=O) groups is 1. The lowest BCUT2D eigenvalue weighted by Crippen LogP contribution is -2.21. The van der Waals surface area contributed by atoms with Crippen LogP contribution in [0.5, 0.6) is 0 Å². The van der Waals surface area contributed by atoms with Crippen LogP contribution in [0.3, 0.4) is 0 Å². The highest BCUT2D eigenvalue weighted by Gasteiger charge is 2.07. The van der Waals surface area contributed by atoms with Gasteiger partial charge in [-0.25, -0.2) is 4.98 Å². The fourth-order valence-corrected chi connectivity index (χ4v) is 2.93. The summed E-state index contributed by atoms with van der Waals surface area (Å²) in [4.78, 5) is 31.5. The second kappa shape index (κ2) is 7.19. The summed E-state index contributed by atoms with van der Waals surface area (Å²) < 4.78 is 0. The Balaban J connectivity index is 1.85. The number of carbonyl (C=O) groups excluding carboxylic acids is 1. The number of amides is 1. The highest BCUT2D eigenvalue weighted by atomic mass is 32.1. The number of fused-ring (bicyclic) bond motifs is 1. The van der Waals surface area contributed by atoms with E-state index in [1.54, 1.807) is 6.07 Å². The van der Waals surface area contributed by atoms with Crippen LogP contribution >= 0.6 is 11.3 Å². The predicted molar refractivity (Wildman–Crippen MR) is 80.8 cm³/mol. The molecule has 2 aromatic rings. The maximum Gasteiger partial charge on any atom is 0.259 e. The summed E-state index contributed by atoms with van der Waals surface area (Å²) in [6.45, 7) is 2.62. The highest BCUT2D eigenvalue weighted by Crippen LogP contribution is 2.20. The van der Waals surface area contributed by atoms with Gasteiger partial charge in [-0.15, -0.1) is 11.3 Å². The lowest BCUT2D eigenvalue weighted by Gasteiger charge is -2.03. The monoisotopic (exact) mass is 293 g/mol. The minimum absolute atomic E-state index is 0.0698. The zero-order chi connectivity index (χ0) is 14.4. The van der Waals surface area contributed by atoms with E-state index in [2.05, 4.69) is 22.2 Å². The number of H-pyrrole nitrogens is 1. The zero-order valence-electron chi connectivity index (χ0n) is 11.6. The molecule has 2 heterocycles. The second-order valence-electron chi connectivity index (χ2n) is 4.75. The van der Waals surface area contributed by atoms with Crippen LogP contribution in [0.4, 0.5) is 0 Å². The Morgan fingerprint density at radius 2 is 2.25 bits per heavy atom. The van der Waals surface area contributed by atoms with E-state index in [9.17, 15) is 9.59 Å². The summed E-state index contributed by atoms with van der Waals surface area (Å²) in [6.07, 6.45) is 6.36. The number of hydrogen-bond acceptors (Lipinski definition) is 4. The summed E-state index contributed by atoms with van der Waals surface area (Å²) >= 11 is 1.44. The number of thiophene rings is 1. The third-order valence-electron chi connectivity index (χ3n) is 3.10. The second-order valence-corrected chi connectivity index (χ2v) is 5.87. The van der Waals surface area contributed by atoms with Gasteiger partial charge in [0, 0.05) is 11.3 Å². The molecule has 0 radical (unpaired) electrons. The summed E-state index contributed by atoms with van der Waals surface area (Å²) in [5.74, 6) is 0.0698. The molecule has 0 saturated carbocycles. The van der Waals surface area contributed by atoms with Crippen molar-refractivity contribution < 1.29 is 4.79 Å². The van der Waals surface area contributed by atoms with Crippen molar-refractivity contribution in [2.45, 2.75) is 45.6 Å². The van der Waals surface area contributed by atoms with Crippen molar-refractivity contribution in [1.82, 2.24) is 15.3 Å². The SMILES string of the molecule is CCCCCCC(=O)NCc1cc2c(=O)[nH]cnc2s1. The van der Waals surface area contributed by atoms with Gasteiger partial charge >= 0.3 is 0 Å². The number of nitrogens with zero attached hydrogens (tertiary/aromatic N) is 1. The molecular weight excluding hydrogens is 274 g/mol. The van der Waals surface area contributed by atoms with E-state index in [1.807, 2.05) is 0 Å². The minimum atomic E-state index is -0.136. The Bertz CT molecular complexity index is 633. The van der Waals surface area contributed by atoms with Crippen LogP contribution in [0.15, 0.2) is 17.2 Å². The first-order chi connectivity index (χ1) is 9.70. The van der Waals surface area contributed by atoms with Gasteiger partial charge in [0.05, 0.1) is 18.3 Å². The number of hydrogen-bond donors (Lipinski definition) is 2. The van der Waals surface area contributed by atoms with Gasteiger partial charge < -0.3 is 10.3 Å². The predicted octanol–water partition coefficient (Wildman–Crippen LogP) is 2.57. The smallest absolute Gasteiger partial charge is 0.259 e. The molecule has 2 N–H and O–H groups in total. The van der Waals surface area contributed by atoms with Gasteiger partial charge in [0.1, 0.15) is 4.83 Å². The topological polar surface area (TPSA) is 74.8 Å². The third-order valence-corrected chi connectivity index (χ3v) is 4.15. The molecule has 1 amide bonds. The van der Waals surface area contributed by atoms with E-state index in [0.717, 1.165) is 17.7 Å². The molecule has 0 spiro atoms. The maximum absolute atomic E-state index is 11.7. The molecule has 0 aliphatic carbocycles. The number of aromatic amines is 1.